The highest BCUT2D eigenvalue weighted by Gasteiger charge is 2.22. The summed E-state index contributed by atoms with van der Waals surface area (Å²) in [6.45, 7) is 6.86. The molecule has 1 heterocycles. The first-order chi connectivity index (χ1) is 9.56. The predicted molar refractivity (Wildman–Crippen MR) is 79.2 cm³/mol. The van der Waals surface area contributed by atoms with E-state index in [4.69, 9.17) is 4.74 Å². The maximum absolute atomic E-state index is 10.2. The average Bonchev–Trinajstić information content (AvgIpc) is 2.50. The van der Waals surface area contributed by atoms with Gasteiger partial charge < -0.3 is 20.5 Å². The number of nitrogens with zero attached hydrogens (tertiary/aromatic N) is 3. The minimum absolute atomic E-state index is 0.283. The Morgan fingerprint density at radius 3 is 2.30 bits per heavy atom. The molecule has 0 fully saturated rings. The van der Waals surface area contributed by atoms with Crippen molar-refractivity contribution in [1.82, 2.24) is 15.0 Å². The lowest BCUT2D eigenvalue weighted by atomic mass is 9.98. The van der Waals surface area contributed by atoms with E-state index in [0.717, 1.165) is 6.42 Å². The first kappa shape index (κ1) is 16.4. The van der Waals surface area contributed by atoms with E-state index in [9.17, 15) is 5.11 Å². The zero-order valence-electron chi connectivity index (χ0n) is 12.7. The minimum atomic E-state index is -0.753. The summed E-state index contributed by atoms with van der Waals surface area (Å²) in [5, 5.41) is 16.2. The van der Waals surface area contributed by atoms with Gasteiger partial charge in [0.15, 0.2) is 0 Å². The molecule has 0 aliphatic rings. The molecule has 1 rings (SSSR count). The highest BCUT2D eigenvalue weighted by atomic mass is 16.5. The van der Waals surface area contributed by atoms with Crippen LogP contribution in [0.5, 0.6) is 6.01 Å². The molecule has 0 saturated carbocycles. The highest BCUT2D eigenvalue weighted by molar-refractivity contribution is 5.35. The molecular weight excluding hydrogens is 258 g/mol. The van der Waals surface area contributed by atoms with Gasteiger partial charge in [-0.2, -0.15) is 15.0 Å². The molecule has 0 saturated heterocycles. The number of anilines is 2. The first-order valence-electron chi connectivity index (χ1n) is 7.09. The number of rotatable bonds is 9. The zero-order valence-corrected chi connectivity index (χ0v) is 12.7. The Hall–Kier alpha value is -1.63. The smallest absolute Gasteiger partial charge is 0.323 e. The Bertz CT molecular complexity index is 410. The van der Waals surface area contributed by atoms with Gasteiger partial charge in [-0.3, -0.25) is 0 Å². The van der Waals surface area contributed by atoms with E-state index >= 15 is 0 Å². The molecule has 0 bridgehead atoms. The summed E-state index contributed by atoms with van der Waals surface area (Å²) in [7, 11) is 1.73. The first-order valence-corrected chi connectivity index (χ1v) is 7.09. The van der Waals surface area contributed by atoms with Crippen molar-refractivity contribution in [1.29, 1.82) is 0 Å². The van der Waals surface area contributed by atoms with E-state index in [1.807, 2.05) is 20.8 Å². The molecule has 20 heavy (non-hydrogen) atoms. The van der Waals surface area contributed by atoms with E-state index in [1.165, 1.54) is 0 Å². The second kappa shape index (κ2) is 7.84. The maximum Gasteiger partial charge on any atom is 0.323 e. The molecule has 0 radical (unpaired) electrons. The van der Waals surface area contributed by atoms with Crippen molar-refractivity contribution in [3.63, 3.8) is 0 Å². The Labute approximate surface area is 120 Å². The lowest BCUT2D eigenvalue weighted by Gasteiger charge is -2.25. The lowest BCUT2D eigenvalue weighted by Crippen LogP contribution is -2.35. The fourth-order valence-corrected chi connectivity index (χ4v) is 1.55. The maximum atomic E-state index is 10.2. The monoisotopic (exact) mass is 283 g/mol. The molecule has 1 aromatic rings. The van der Waals surface area contributed by atoms with Crippen molar-refractivity contribution in [3.05, 3.63) is 0 Å². The number of aromatic nitrogens is 3. The fourth-order valence-electron chi connectivity index (χ4n) is 1.55. The molecule has 0 spiro atoms. The number of aliphatic hydroxyl groups is 1. The van der Waals surface area contributed by atoms with Crippen molar-refractivity contribution in [3.8, 4) is 6.01 Å². The van der Waals surface area contributed by atoms with Crippen LogP contribution in [0, 0.1) is 0 Å². The third kappa shape index (κ3) is 4.80. The molecular formula is C13H25N5O2. The Morgan fingerprint density at radius 2 is 1.75 bits per heavy atom. The van der Waals surface area contributed by atoms with Gasteiger partial charge in [0.05, 0.1) is 12.2 Å². The van der Waals surface area contributed by atoms with Crippen molar-refractivity contribution >= 4 is 11.9 Å². The molecule has 0 aromatic carbocycles. The van der Waals surface area contributed by atoms with Crippen LogP contribution in [0.3, 0.4) is 0 Å². The van der Waals surface area contributed by atoms with Crippen LogP contribution in [0.15, 0.2) is 0 Å². The Morgan fingerprint density at radius 1 is 1.10 bits per heavy atom. The van der Waals surface area contributed by atoms with Gasteiger partial charge in [-0.25, -0.2) is 0 Å². The third-order valence-electron chi connectivity index (χ3n) is 3.17. The van der Waals surface area contributed by atoms with Gasteiger partial charge in [-0.15, -0.1) is 0 Å². The van der Waals surface area contributed by atoms with Crippen LogP contribution in [0.2, 0.25) is 0 Å². The van der Waals surface area contributed by atoms with Gasteiger partial charge >= 0.3 is 6.01 Å². The van der Waals surface area contributed by atoms with Crippen LogP contribution in [-0.2, 0) is 0 Å². The number of hydrogen-bond acceptors (Lipinski definition) is 7. The molecule has 7 heteroatoms. The number of nitrogens with one attached hydrogen (secondary N) is 2. The van der Waals surface area contributed by atoms with Gasteiger partial charge in [0, 0.05) is 13.6 Å². The topological polar surface area (TPSA) is 92.2 Å². The lowest BCUT2D eigenvalue weighted by molar-refractivity contribution is 0.0455. The van der Waals surface area contributed by atoms with Crippen molar-refractivity contribution < 1.29 is 9.84 Å². The molecule has 0 amide bonds. The van der Waals surface area contributed by atoms with Gasteiger partial charge in [-0.1, -0.05) is 20.8 Å². The summed E-state index contributed by atoms with van der Waals surface area (Å²) in [6, 6.07) is 0.283. The predicted octanol–water partition coefficient (Wildman–Crippen LogP) is 1.67. The molecule has 7 nitrogen and oxygen atoms in total. The minimum Gasteiger partial charge on any atom is -0.463 e. The second-order valence-electron chi connectivity index (χ2n) is 4.65. The summed E-state index contributed by atoms with van der Waals surface area (Å²) in [4.78, 5) is 12.5. The highest BCUT2D eigenvalue weighted by Crippen LogP contribution is 2.16. The number of hydrogen-bond donors (Lipinski definition) is 3. The SMILES string of the molecule is CCCOc1nc(NC)nc(NCC(O)(CC)CC)n1. The Balaban J connectivity index is 2.77. The van der Waals surface area contributed by atoms with E-state index in [-0.39, 0.29) is 6.01 Å². The van der Waals surface area contributed by atoms with E-state index in [1.54, 1.807) is 7.05 Å². The molecule has 0 aliphatic heterocycles. The zero-order chi connectivity index (χ0) is 15.0. The molecule has 114 valence electrons. The molecule has 3 N–H and O–H groups in total. The van der Waals surface area contributed by atoms with Gasteiger partial charge in [-0.05, 0) is 19.3 Å². The van der Waals surface area contributed by atoms with Gasteiger partial charge in [0.1, 0.15) is 0 Å². The van der Waals surface area contributed by atoms with Crippen LogP contribution >= 0.6 is 0 Å². The van der Waals surface area contributed by atoms with Gasteiger partial charge in [0.25, 0.3) is 0 Å². The second-order valence-corrected chi connectivity index (χ2v) is 4.65. The summed E-state index contributed by atoms with van der Waals surface area (Å²) in [5.41, 5.74) is -0.753. The van der Waals surface area contributed by atoms with Crippen LogP contribution in [0.1, 0.15) is 40.0 Å². The number of ether oxygens (including phenoxy) is 1. The van der Waals surface area contributed by atoms with Crippen LogP contribution in [-0.4, -0.2) is 45.9 Å². The van der Waals surface area contributed by atoms with Crippen LogP contribution in [0.25, 0.3) is 0 Å². The molecule has 0 atom stereocenters. The third-order valence-corrected chi connectivity index (χ3v) is 3.17. The standard InChI is InChI=1S/C13H25N5O2/c1-5-8-20-12-17-10(14-4)16-11(18-12)15-9-13(19,6-2)7-3/h19H,5-9H2,1-4H3,(H2,14,15,16,17,18). The molecule has 0 unspecified atom stereocenters. The van der Waals surface area contributed by atoms with E-state index in [2.05, 4.69) is 25.6 Å². The summed E-state index contributed by atoms with van der Waals surface area (Å²) >= 11 is 0. The normalized spacial score (nSPS) is 11.2. The van der Waals surface area contributed by atoms with Crippen LogP contribution in [0.4, 0.5) is 11.9 Å². The average molecular weight is 283 g/mol. The summed E-state index contributed by atoms with van der Waals surface area (Å²) in [6.07, 6.45) is 2.22. The van der Waals surface area contributed by atoms with Crippen molar-refractivity contribution in [2.75, 3.05) is 30.8 Å². The summed E-state index contributed by atoms with van der Waals surface area (Å²) in [5.74, 6) is 0.834. The van der Waals surface area contributed by atoms with Crippen molar-refractivity contribution in [2.24, 2.45) is 0 Å². The molecule has 0 aliphatic carbocycles. The van der Waals surface area contributed by atoms with E-state index < -0.39 is 5.60 Å². The van der Waals surface area contributed by atoms with Crippen LogP contribution < -0.4 is 15.4 Å². The quantitative estimate of drug-likeness (QED) is 0.634. The summed E-state index contributed by atoms with van der Waals surface area (Å²) < 4.78 is 5.42. The van der Waals surface area contributed by atoms with E-state index in [0.29, 0.717) is 37.9 Å². The molecule has 1 aromatic heterocycles. The van der Waals surface area contributed by atoms with Crippen molar-refractivity contribution in [2.45, 2.75) is 45.6 Å². The fraction of sp³-hybridized carbons (Fsp3) is 0.769. The Kier molecular flexibility index (Phi) is 6.44. The van der Waals surface area contributed by atoms with Gasteiger partial charge in [0.2, 0.25) is 11.9 Å². The largest absolute Gasteiger partial charge is 0.463 e.